The maximum atomic E-state index is 13.0. The molecular weight excluding hydrogens is 587 g/mol. The van der Waals surface area contributed by atoms with Crippen molar-refractivity contribution in [2.75, 3.05) is 35.8 Å². The van der Waals surface area contributed by atoms with Crippen LogP contribution in [0.3, 0.4) is 0 Å². The Balaban J connectivity index is 1.36. The predicted molar refractivity (Wildman–Crippen MR) is 174 cm³/mol. The smallest absolute Gasteiger partial charge is 0.250 e. The number of unbranched alkanes of at least 4 members (excludes halogenated alkanes) is 1. The van der Waals surface area contributed by atoms with E-state index in [0.29, 0.717) is 47.8 Å². The van der Waals surface area contributed by atoms with Crippen molar-refractivity contribution in [3.63, 3.8) is 0 Å². The van der Waals surface area contributed by atoms with Crippen LogP contribution in [0.4, 0.5) is 11.4 Å². The first-order valence-electron chi connectivity index (χ1n) is 13.8. The first-order valence-corrected chi connectivity index (χ1v) is 16.3. The summed E-state index contributed by atoms with van der Waals surface area (Å²) in [5, 5.41) is 28.0. The van der Waals surface area contributed by atoms with E-state index in [1.54, 1.807) is 58.0 Å². The molecule has 0 aliphatic carbocycles. The zero-order chi connectivity index (χ0) is 30.9. The predicted octanol–water partition coefficient (Wildman–Crippen LogP) is 5.95. The van der Waals surface area contributed by atoms with Gasteiger partial charge < -0.3 is 30.9 Å². The van der Waals surface area contributed by atoms with Gasteiger partial charge in [0.15, 0.2) is 11.5 Å². The molecule has 9 nitrogen and oxygen atoms in total. The van der Waals surface area contributed by atoms with Crippen LogP contribution in [0.1, 0.15) is 24.8 Å². The molecule has 0 aliphatic rings. The fourth-order valence-corrected chi connectivity index (χ4v) is 6.13. The van der Waals surface area contributed by atoms with Gasteiger partial charge in [-0.1, -0.05) is 70.5 Å². The number of hydrogen-bond acceptors (Lipinski definition) is 8. The number of hydrogen-bond donors (Lipinski definition) is 5. The summed E-state index contributed by atoms with van der Waals surface area (Å²) in [4.78, 5) is 38.5. The number of phenols is 1. The van der Waals surface area contributed by atoms with Gasteiger partial charge in [0, 0.05) is 35.8 Å². The number of carbonyl (C=O) groups is 3. The number of carbonyl (C=O) groups excluding carboxylic acids is 3. The highest BCUT2D eigenvalue weighted by atomic mass is 33.1. The van der Waals surface area contributed by atoms with Gasteiger partial charge in [-0.3, -0.25) is 14.4 Å². The van der Waals surface area contributed by atoms with Gasteiger partial charge in [0.05, 0.1) is 18.9 Å². The fourth-order valence-electron chi connectivity index (χ4n) is 4.08. The van der Waals surface area contributed by atoms with E-state index in [-0.39, 0.29) is 35.5 Å². The van der Waals surface area contributed by atoms with Crippen LogP contribution in [0, 0.1) is 5.92 Å². The quantitative estimate of drug-likeness (QED) is 0.0409. The third kappa shape index (κ3) is 11.6. The summed E-state index contributed by atoms with van der Waals surface area (Å²) in [6.45, 7) is 0.420. The third-order valence-electron chi connectivity index (χ3n) is 6.33. The van der Waals surface area contributed by atoms with Gasteiger partial charge in [-0.2, -0.15) is 0 Å². The molecule has 5 N–H and O–H groups in total. The highest BCUT2D eigenvalue weighted by Gasteiger charge is 2.26. The normalized spacial score (nSPS) is 11.2. The molecule has 0 unspecified atom stereocenters. The third-order valence-corrected chi connectivity index (χ3v) is 8.82. The van der Waals surface area contributed by atoms with Crippen molar-refractivity contribution in [3.05, 3.63) is 96.3 Å². The highest BCUT2D eigenvalue weighted by molar-refractivity contribution is 8.76. The maximum Gasteiger partial charge on any atom is 0.250 e. The lowest BCUT2D eigenvalue weighted by atomic mass is 9.99. The molecule has 3 aromatic carbocycles. The number of benzene rings is 3. The number of aromatic hydroxyl groups is 1. The number of phenolic OH excluding ortho intramolecular Hbond substituents is 1. The number of ether oxygens (including phenoxy) is 1. The molecule has 0 atom stereocenters. The van der Waals surface area contributed by atoms with Crippen LogP contribution in [0.25, 0.3) is 0 Å². The van der Waals surface area contributed by atoms with E-state index < -0.39 is 5.92 Å². The summed E-state index contributed by atoms with van der Waals surface area (Å²) in [6, 6.07) is 23.0. The van der Waals surface area contributed by atoms with Gasteiger partial charge >= 0.3 is 0 Å². The Morgan fingerprint density at radius 2 is 1.47 bits per heavy atom. The van der Waals surface area contributed by atoms with Crippen molar-refractivity contribution in [3.8, 4) is 11.5 Å². The van der Waals surface area contributed by atoms with Crippen molar-refractivity contribution < 1.29 is 29.3 Å². The van der Waals surface area contributed by atoms with Gasteiger partial charge in [-0.15, -0.1) is 0 Å². The molecule has 0 heterocycles. The molecule has 0 saturated heterocycles. The van der Waals surface area contributed by atoms with Crippen molar-refractivity contribution in [1.82, 2.24) is 5.32 Å². The number of para-hydroxylation sites is 2. The van der Waals surface area contributed by atoms with Crippen molar-refractivity contribution in [2.24, 2.45) is 5.92 Å². The van der Waals surface area contributed by atoms with Crippen molar-refractivity contribution >= 4 is 50.7 Å². The number of methoxy groups -OCH3 is 1. The van der Waals surface area contributed by atoms with Gasteiger partial charge in [0.25, 0.3) is 5.91 Å². The first-order chi connectivity index (χ1) is 20.9. The number of anilines is 2. The molecule has 11 heteroatoms. The molecular formula is C32H37N3O6S2. The van der Waals surface area contributed by atoms with Gasteiger partial charge in [-0.05, 0) is 54.8 Å². The molecule has 0 bridgehead atoms. The fraction of sp³-hybridized carbons (Fsp3) is 0.281. The lowest BCUT2D eigenvalue weighted by Gasteiger charge is -2.17. The molecule has 0 fully saturated rings. The molecule has 3 amide bonds. The maximum absolute atomic E-state index is 13.0. The molecule has 43 heavy (non-hydrogen) atoms. The summed E-state index contributed by atoms with van der Waals surface area (Å²) in [7, 11) is 4.73. The number of aliphatic hydroxyl groups is 1. The van der Waals surface area contributed by atoms with Crippen molar-refractivity contribution in [2.45, 2.75) is 25.7 Å². The van der Waals surface area contributed by atoms with E-state index in [2.05, 4.69) is 16.0 Å². The lowest BCUT2D eigenvalue weighted by Crippen LogP contribution is -2.34. The molecule has 3 rings (SSSR count). The van der Waals surface area contributed by atoms with E-state index in [1.807, 2.05) is 36.4 Å². The van der Waals surface area contributed by atoms with Crippen LogP contribution < -0.4 is 20.7 Å². The largest absolute Gasteiger partial charge is 0.515 e. The number of aliphatic hydroxyl groups excluding tert-OH is 1. The van der Waals surface area contributed by atoms with E-state index >= 15 is 0 Å². The van der Waals surface area contributed by atoms with E-state index in [0.717, 1.165) is 18.4 Å². The second-order valence-corrected chi connectivity index (χ2v) is 12.2. The second kappa shape index (κ2) is 18.4. The van der Waals surface area contributed by atoms with Crippen LogP contribution in [0.5, 0.6) is 11.5 Å². The van der Waals surface area contributed by atoms with Crippen LogP contribution >= 0.6 is 21.6 Å². The summed E-state index contributed by atoms with van der Waals surface area (Å²) < 4.78 is 5.03. The summed E-state index contributed by atoms with van der Waals surface area (Å²) in [5.41, 5.74) is 2.14. The van der Waals surface area contributed by atoms with Gasteiger partial charge in [-0.25, -0.2) is 0 Å². The van der Waals surface area contributed by atoms with Crippen molar-refractivity contribution in [1.29, 1.82) is 0 Å². The standard InChI is InChI=1S/C32H37N3O6S2/c1-41-29-16-15-23(21-28(29)37)20-24(22-36)30(38)33-17-19-43-42-18-9-8-14-27(31(39)34-25-10-4-2-5-11-25)32(40)35-26-12-6-3-7-13-26/h2-7,10-13,15-16,21-22,27,36-37H,8-9,14,17-20H2,1H3,(H,33,38)(H,34,39)(H,35,40)/b24-22+. The monoisotopic (exact) mass is 623 g/mol. The second-order valence-electron chi connectivity index (χ2n) is 9.50. The Hall–Kier alpha value is -4.09. The number of rotatable bonds is 17. The Morgan fingerprint density at radius 3 is 2.02 bits per heavy atom. The number of nitrogens with one attached hydrogen (secondary N) is 3. The Labute approximate surface area is 259 Å². The Kier molecular flexibility index (Phi) is 14.3. The van der Waals surface area contributed by atoms with Crippen LogP contribution in [-0.4, -0.2) is 53.1 Å². The van der Waals surface area contributed by atoms with Gasteiger partial charge in [0.1, 0.15) is 5.92 Å². The minimum atomic E-state index is -0.830. The highest BCUT2D eigenvalue weighted by Crippen LogP contribution is 2.27. The lowest BCUT2D eigenvalue weighted by molar-refractivity contribution is -0.129. The summed E-state index contributed by atoms with van der Waals surface area (Å²) in [5.74, 6) is -0.0861. The zero-order valence-corrected chi connectivity index (χ0v) is 25.6. The topological polar surface area (TPSA) is 137 Å². The van der Waals surface area contributed by atoms with E-state index in [1.165, 1.54) is 13.2 Å². The number of amides is 3. The molecule has 0 aromatic heterocycles. The van der Waals surface area contributed by atoms with E-state index in [9.17, 15) is 24.6 Å². The molecule has 0 saturated carbocycles. The summed E-state index contributed by atoms with van der Waals surface area (Å²) in [6.07, 6.45) is 2.89. The molecule has 0 aliphatic heterocycles. The molecule has 0 spiro atoms. The van der Waals surface area contributed by atoms with Crippen LogP contribution in [0.15, 0.2) is 90.7 Å². The minimum absolute atomic E-state index is 0.0347. The van der Waals surface area contributed by atoms with Crippen LogP contribution in [-0.2, 0) is 20.8 Å². The Morgan fingerprint density at radius 1 is 0.860 bits per heavy atom. The SMILES string of the molecule is COc1ccc(C/C(=C\O)C(=O)NCCSSCCCCC(C(=O)Nc2ccccc2)C(=O)Nc2ccccc2)cc1O. The average molecular weight is 624 g/mol. The minimum Gasteiger partial charge on any atom is -0.515 e. The van der Waals surface area contributed by atoms with Crippen LogP contribution in [0.2, 0.25) is 0 Å². The Bertz CT molecular complexity index is 1300. The first kappa shape index (κ1) is 33.4. The van der Waals surface area contributed by atoms with E-state index in [4.69, 9.17) is 4.74 Å². The molecule has 0 radical (unpaired) electrons. The molecule has 228 valence electrons. The van der Waals surface area contributed by atoms with Gasteiger partial charge in [0.2, 0.25) is 11.8 Å². The zero-order valence-electron chi connectivity index (χ0n) is 24.0. The molecule has 3 aromatic rings. The summed E-state index contributed by atoms with van der Waals surface area (Å²) >= 11 is 0. The average Bonchev–Trinajstić information content (AvgIpc) is 3.01.